The van der Waals surface area contributed by atoms with Gasteiger partial charge in [-0.05, 0) is 42.4 Å². The van der Waals surface area contributed by atoms with E-state index < -0.39 is 0 Å². The molecule has 3 nitrogen and oxygen atoms in total. The molecule has 3 heteroatoms. The molecule has 2 saturated carbocycles. The van der Waals surface area contributed by atoms with Crippen molar-refractivity contribution in [2.75, 3.05) is 6.61 Å². The van der Waals surface area contributed by atoms with Crippen LogP contribution >= 0.6 is 0 Å². The Balaban J connectivity index is 1.99. The number of carbonyl (C=O) groups excluding carboxylic acids is 1. The van der Waals surface area contributed by atoms with Gasteiger partial charge in [0.1, 0.15) is 0 Å². The molecule has 0 aromatic carbocycles. The molecule has 3 aliphatic rings. The first-order valence-electron chi connectivity index (χ1n) is 7.22. The van der Waals surface area contributed by atoms with Gasteiger partial charge in [-0.3, -0.25) is 4.79 Å². The number of fused-ring (bicyclic) bond motifs is 3. The summed E-state index contributed by atoms with van der Waals surface area (Å²) in [4.78, 5) is 12.1. The Hall–Kier alpha value is -0.570. The van der Waals surface area contributed by atoms with E-state index >= 15 is 0 Å². The van der Waals surface area contributed by atoms with Gasteiger partial charge in [-0.15, -0.1) is 0 Å². The summed E-state index contributed by atoms with van der Waals surface area (Å²) in [5.74, 6) is 0.938. The van der Waals surface area contributed by atoms with E-state index in [1.807, 2.05) is 0 Å². The van der Waals surface area contributed by atoms with Crippen LogP contribution in [0.5, 0.6) is 0 Å². The quantitative estimate of drug-likeness (QED) is 0.673. The molecule has 0 unspecified atom stereocenters. The number of hydrogen-bond acceptors (Lipinski definition) is 3. The first kappa shape index (κ1) is 12.5. The Bertz CT molecular complexity index is 376. The Morgan fingerprint density at radius 2 is 1.94 bits per heavy atom. The lowest BCUT2D eigenvalue weighted by Gasteiger charge is -2.58. The highest BCUT2D eigenvalue weighted by atomic mass is 16.5. The molecule has 3 rings (SSSR count). The van der Waals surface area contributed by atoms with Gasteiger partial charge < -0.3 is 9.84 Å². The minimum atomic E-state index is -0.232. The second kappa shape index (κ2) is 3.72. The van der Waals surface area contributed by atoms with Gasteiger partial charge in [0.2, 0.25) is 0 Å². The fourth-order valence-corrected chi connectivity index (χ4v) is 5.16. The molecule has 1 saturated heterocycles. The van der Waals surface area contributed by atoms with Crippen LogP contribution in [0, 0.1) is 28.6 Å². The maximum absolute atomic E-state index is 12.1. The minimum Gasteiger partial charge on any atom is -0.465 e. The summed E-state index contributed by atoms with van der Waals surface area (Å²) in [6.45, 7) is 7.21. The molecule has 0 aromatic heterocycles. The molecule has 0 amide bonds. The van der Waals surface area contributed by atoms with E-state index in [2.05, 4.69) is 20.8 Å². The molecule has 0 aromatic rings. The van der Waals surface area contributed by atoms with Crippen LogP contribution in [0.3, 0.4) is 0 Å². The standard InChI is InChI=1S/C15H24O3/c1-14(2)10-5-4-9-8-18-13(17)12(9)15(10,3)7-6-11(14)16/h9-12,16H,4-8H2,1-3H3/t9-,10-,11+,12+,15-/m0/s1. The van der Waals surface area contributed by atoms with E-state index in [4.69, 9.17) is 4.74 Å². The normalized spacial score (nSPS) is 50.3. The molecular weight excluding hydrogens is 228 g/mol. The van der Waals surface area contributed by atoms with Crippen molar-refractivity contribution in [2.24, 2.45) is 28.6 Å². The lowest BCUT2D eigenvalue weighted by atomic mass is 9.46. The van der Waals surface area contributed by atoms with Crippen molar-refractivity contribution in [2.45, 2.75) is 52.6 Å². The Morgan fingerprint density at radius 3 is 2.67 bits per heavy atom. The largest absolute Gasteiger partial charge is 0.465 e. The third-order valence-corrected chi connectivity index (χ3v) is 6.21. The minimum absolute atomic E-state index is 0.0133. The van der Waals surface area contributed by atoms with E-state index in [-0.39, 0.29) is 28.8 Å². The molecule has 0 radical (unpaired) electrons. The van der Waals surface area contributed by atoms with Gasteiger partial charge in [0.05, 0.1) is 18.6 Å². The molecule has 1 aliphatic heterocycles. The summed E-state index contributed by atoms with van der Waals surface area (Å²) < 4.78 is 5.31. The van der Waals surface area contributed by atoms with Crippen molar-refractivity contribution >= 4 is 5.97 Å². The Morgan fingerprint density at radius 1 is 1.22 bits per heavy atom. The van der Waals surface area contributed by atoms with Crippen molar-refractivity contribution in [3.05, 3.63) is 0 Å². The highest BCUT2D eigenvalue weighted by molar-refractivity contribution is 5.76. The summed E-state index contributed by atoms with van der Waals surface area (Å²) in [6, 6.07) is 0. The molecule has 3 fully saturated rings. The average molecular weight is 252 g/mol. The average Bonchev–Trinajstić information content (AvgIpc) is 2.68. The van der Waals surface area contributed by atoms with Gasteiger partial charge in [0, 0.05) is 5.92 Å². The number of aliphatic hydroxyl groups excluding tert-OH is 1. The van der Waals surface area contributed by atoms with Gasteiger partial charge in [0.25, 0.3) is 0 Å². The second-order valence-electron chi connectivity index (χ2n) is 7.38. The first-order valence-corrected chi connectivity index (χ1v) is 7.22. The van der Waals surface area contributed by atoms with Crippen molar-refractivity contribution in [1.29, 1.82) is 0 Å². The van der Waals surface area contributed by atoms with Crippen LogP contribution in [0.1, 0.15) is 46.5 Å². The zero-order chi connectivity index (χ0) is 13.1. The summed E-state index contributed by atoms with van der Waals surface area (Å²) >= 11 is 0. The number of ether oxygens (including phenoxy) is 1. The van der Waals surface area contributed by atoms with Gasteiger partial charge in [-0.2, -0.15) is 0 Å². The molecule has 0 bridgehead atoms. The fraction of sp³-hybridized carbons (Fsp3) is 0.933. The number of aliphatic hydroxyl groups is 1. The van der Waals surface area contributed by atoms with E-state index in [1.165, 1.54) is 0 Å². The molecule has 2 aliphatic carbocycles. The zero-order valence-electron chi connectivity index (χ0n) is 11.6. The number of hydrogen-bond donors (Lipinski definition) is 1. The maximum atomic E-state index is 12.1. The smallest absolute Gasteiger partial charge is 0.309 e. The van der Waals surface area contributed by atoms with Crippen molar-refractivity contribution < 1.29 is 14.6 Å². The molecule has 0 spiro atoms. The zero-order valence-corrected chi connectivity index (χ0v) is 11.6. The van der Waals surface area contributed by atoms with Crippen LogP contribution in [0.4, 0.5) is 0 Å². The number of esters is 1. The monoisotopic (exact) mass is 252 g/mol. The third-order valence-electron chi connectivity index (χ3n) is 6.21. The van der Waals surface area contributed by atoms with Crippen LogP contribution in [-0.2, 0) is 9.53 Å². The lowest BCUT2D eigenvalue weighted by molar-refractivity contribution is -0.164. The van der Waals surface area contributed by atoms with E-state index in [9.17, 15) is 9.90 Å². The van der Waals surface area contributed by atoms with Crippen LogP contribution in [0.25, 0.3) is 0 Å². The van der Waals surface area contributed by atoms with E-state index in [0.717, 1.165) is 25.7 Å². The number of cyclic esters (lactones) is 1. The Labute approximate surface area is 109 Å². The lowest BCUT2D eigenvalue weighted by Crippen LogP contribution is -2.56. The molecular formula is C15H24O3. The molecule has 5 atom stereocenters. The van der Waals surface area contributed by atoms with E-state index in [0.29, 0.717) is 18.4 Å². The topological polar surface area (TPSA) is 46.5 Å². The highest BCUT2D eigenvalue weighted by Crippen LogP contribution is 2.62. The van der Waals surface area contributed by atoms with Gasteiger partial charge >= 0.3 is 5.97 Å². The number of carbonyl (C=O) groups is 1. The summed E-state index contributed by atoms with van der Waals surface area (Å²) in [7, 11) is 0. The Kier molecular flexibility index (Phi) is 2.58. The first-order chi connectivity index (χ1) is 8.37. The summed E-state index contributed by atoms with van der Waals surface area (Å²) in [6.07, 6.45) is 3.74. The predicted octanol–water partition coefficient (Wildman–Crippen LogP) is 2.37. The molecule has 1 N–H and O–H groups in total. The second-order valence-corrected chi connectivity index (χ2v) is 7.38. The SMILES string of the molecule is CC1(C)[C@H](O)CC[C@]2(C)[C@H]3C(=O)OC[C@@H]3CC[C@@H]12. The van der Waals surface area contributed by atoms with Crippen molar-refractivity contribution in [3.8, 4) is 0 Å². The summed E-state index contributed by atoms with van der Waals surface area (Å²) in [5.41, 5.74) is -0.0555. The van der Waals surface area contributed by atoms with Crippen molar-refractivity contribution in [1.82, 2.24) is 0 Å². The van der Waals surface area contributed by atoms with Crippen LogP contribution in [0.2, 0.25) is 0 Å². The van der Waals surface area contributed by atoms with Crippen LogP contribution < -0.4 is 0 Å². The van der Waals surface area contributed by atoms with Crippen LogP contribution in [-0.4, -0.2) is 23.8 Å². The number of rotatable bonds is 0. The summed E-state index contributed by atoms with van der Waals surface area (Å²) in [5, 5.41) is 10.3. The molecule has 18 heavy (non-hydrogen) atoms. The van der Waals surface area contributed by atoms with E-state index in [1.54, 1.807) is 0 Å². The van der Waals surface area contributed by atoms with Gasteiger partial charge in [-0.1, -0.05) is 20.8 Å². The fourth-order valence-electron chi connectivity index (χ4n) is 5.16. The maximum Gasteiger partial charge on any atom is 0.309 e. The molecule has 102 valence electrons. The highest BCUT2D eigenvalue weighted by Gasteiger charge is 2.61. The van der Waals surface area contributed by atoms with Crippen molar-refractivity contribution in [3.63, 3.8) is 0 Å². The van der Waals surface area contributed by atoms with Crippen LogP contribution in [0.15, 0.2) is 0 Å². The van der Waals surface area contributed by atoms with Gasteiger partial charge in [0.15, 0.2) is 0 Å². The molecule has 1 heterocycles. The predicted molar refractivity (Wildman–Crippen MR) is 67.8 cm³/mol. The third kappa shape index (κ3) is 1.43. The van der Waals surface area contributed by atoms with Gasteiger partial charge in [-0.25, -0.2) is 0 Å².